The number of rotatable bonds is 6. The highest BCUT2D eigenvalue weighted by atomic mass is 35.5. The normalized spacial score (nSPS) is 16.9. The van der Waals surface area contributed by atoms with Gasteiger partial charge in [-0.1, -0.05) is 23.7 Å². The maximum absolute atomic E-state index is 11.7. The van der Waals surface area contributed by atoms with Gasteiger partial charge in [-0.15, -0.1) is 0 Å². The van der Waals surface area contributed by atoms with Gasteiger partial charge in [0, 0.05) is 13.5 Å². The van der Waals surface area contributed by atoms with E-state index in [2.05, 4.69) is 5.16 Å². The summed E-state index contributed by atoms with van der Waals surface area (Å²) in [7, 11) is 1.16. The summed E-state index contributed by atoms with van der Waals surface area (Å²) in [5.41, 5.74) is 0. The Labute approximate surface area is 89.6 Å². The van der Waals surface area contributed by atoms with Gasteiger partial charge in [-0.25, -0.2) is 9.24 Å². The van der Waals surface area contributed by atoms with E-state index in [9.17, 15) is 4.57 Å². The Kier molecular flexibility index (Phi) is 6.36. The average molecular weight is 243 g/mol. The van der Waals surface area contributed by atoms with Crippen LogP contribution in [0.2, 0.25) is 0 Å². The molecule has 0 aliphatic rings. The zero-order valence-corrected chi connectivity index (χ0v) is 10.5. The zero-order valence-electron chi connectivity index (χ0n) is 8.86. The van der Waals surface area contributed by atoms with E-state index in [1.54, 1.807) is 14.1 Å². The molecule has 5 nitrogen and oxygen atoms in total. The van der Waals surface area contributed by atoms with Crippen LogP contribution in [0.25, 0.3) is 0 Å². The summed E-state index contributed by atoms with van der Waals surface area (Å²) in [6.07, 6.45) is 1.45. The molecule has 0 bridgehead atoms. The first-order valence-corrected chi connectivity index (χ1v) is 6.08. The van der Waals surface area contributed by atoms with Gasteiger partial charge >= 0.3 is 7.75 Å². The van der Waals surface area contributed by atoms with Gasteiger partial charge in [-0.05, 0) is 20.5 Å². The molecule has 84 valence electrons. The van der Waals surface area contributed by atoms with Crippen LogP contribution in [0.3, 0.4) is 0 Å². The molecule has 0 N–H and O–H groups in total. The lowest BCUT2D eigenvalue weighted by Crippen LogP contribution is -2.10. The number of hydrogen-bond donors (Lipinski definition) is 0. The maximum atomic E-state index is 11.7. The number of nitrogens with zero attached hydrogens (tertiary/aromatic N) is 2. The lowest BCUT2D eigenvalue weighted by Gasteiger charge is -2.18. The second-order valence-electron chi connectivity index (χ2n) is 2.80. The molecular weight excluding hydrogens is 227 g/mol. The van der Waals surface area contributed by atoms with E-state index in [4.69, 9.17) is 20.7 Å². The van der Waals surface area contributed by atoms with Crippen LogP contribution in [0.5, 0.6) is 0 Å². The number of oxime groups is 1. The van der Waals surface area contributed by atoms with E-state index in [1.165, 1.54) is 11.8 Å². The van der Waals surface area contributed by atoms with Crippen molar-refractivity contribution in [2.45, 2.75) is 19.8 Å². The lowest BCUT2D eigenvalue weighted by atomic mass is 10.4. The summed E-state index contributed by atoms with van der Waals surface area (Å²) in [6, 6.07) is 0. The number of halogens is 1. The minimum absolute atomic E-state index is 0.284. The standard InChI is InChI=1S/C7H16ClN2O3P/c1-5-6-7(8)9-13-14(11,12-4)10(2)3/h5-6H2,1-4H3. The molecule has 0 rings (SSSR count). The largest absolute Gasteiger partial charge is 0.480 e. The molecule has 7 heteroatoms. The summed E-state index contributed by atoms with van der Waals surface area (Å²) in [6.45, 7) is 1.96. The second-order valence-corrected chi connectivity index (χ2v) is 5.50. The summed E-state index contributed by atoms with van der Waals surface area (Å²) in [4.78, 5) is 0. The summed E-state index contributed by atoms with van der Waals surface area (Å²) < 4.78 is 22.5. The highest BCUT2D eigenvalue weighted by Crippen LogP contribution is 2.49. The molecule has 0 aromatic rings. The van der Waals surface area contributed by atoms with Crippen molar-refractivity contribution in [2.75, 3.05) is 21.2 Å². The molecule has 0 aromatic carbocycles. The third-order valence-electron chi connectivity index (χ3n) is 1.42. The van der Waals surface area contributed by atoms with Crippen LogP contribution >= 0.6 is 19.3 Å². The van der Waals surface area contributed by atoms with E-state index in [0.717, 1.165) is 6.42 Å². The van der Waals surface area contributed by atoms with Crippen LogP contribution < -0.4 is 0 Å². The van der Waals surface area contributed by atoms with Gasteiger partial charge < -0.3 is 4.62 Å². The average Bonchev–Trinajstić information content (AvgIpc) is 2.14. The monoisotopic (exact) mass is 242 g/mol. The van der Waals surface area contributed by atoms with E-state index in [1.807, 2.05) is 6.92 Å². The molecule has 14 heavy (non-hydrogen) atoms. The Morgan fingerprint density at radius 2 is 2.14 bits per heavy atom. The molecule has 0 radical (unpaired) electrons. The molecular formula is C7H16ClN2O3P. The molecule has 0 fully saturated rings. The van der Waals surface area contributed by atoms with Gasteiger partial charge in [0.2, 0.25) is 0 Å². The Hall–Kier alpha value is -0.0900. The molecule has 0 saturated carbocycles. The van der Waals surface area contributed by atoms with Crippen molar-refractivity contribution in [3.8, 4) is 0 Å². The Morgan fingerprint density at radius 1 is 1.57 bits per heavy atom. The molecule has 0 heterocycles. The summed E-state index contributed by atoms with van der Waals surface area (Å²) in [5, 5.41) is 3.81. The lowest BCUT2D eigenvalue weighted by molar-refractivity contribution is 0.204. The van der Waals surface area contributed by atoms with Crippen molar-refractivity contribution in [3.05, 3.63) is 0 Å². The van der Waals surface area contributed by atoms with Crippen LogP contribution in [-0.4, -0.2) is 31.0 Å². The van der Waals surface area contributed by atoms with Crippen LogP contribution in [-0.2, 0) is 13.7 Å². The third-order valence-corrected chi connectivity index (χ3v) is 3.41. The molecule has 0 aliphatic carbocycles. The highest BCUT2D eigenvalue weighted by Gasteiger charge is 2.28. The van der Waals surface area contributed by atoms with Crippen LogP contribution in [0.4, 0.5) is 0 Å². The first kappa shape index (κ1) is 13.9. The quantitative estimate of drug-likeness (QED) is 0.408. The van der Waals surface area contributed by atoms with Gasteiger partial charge in [-0.2, -0.15) is 0 Å². The van der Waals surface area contributed by atoms with Crippen molar-refractivity contribution >= 4 is 24.5 Å². The smallest absolute Gasteiger partial charge is 0.300 e. The van der Waals surface area contributed by atoms with E-state index in [-0.39, 0.29) is 5.17 Å². The molecule has 1 unspecified atom stereocenters. The molecule has 0 amide bonds. The summed E-state index contributed by atoms with van der Waals surface area (Å²) in [5.74, 6) is 0. The summed E-state index contributed by atoms with van der Waals surface area (Å²) >= 11 is 5.68. The van der Waals surface area contributed by atoms with E-state index >= 15 is 0 Å². The molecule has 0 aromatic heterocycles. The van der Waals surface area contributed by atoms with Crippen molar-refractivity contribution in [1.29, 1.82) is 0 Å². The van der Waals surface area contributed by atoms with Gasteiger partial charge in [0.05, 0.1) is 0 Å². The predicted octanol–water partition coefficient (Wildman–Crippen LogP) is 2.67. The van der Waals surface area contributed by atoms with Gasteiger partial charge in [-0.3, -0.25) is 4.52 Å². The van der Waals surface area contributed by atoms with E-state index in [0.29, 0.717) is 6.42 Å². The minimum Gasteiger partial charge on any atom is -0.300 e. The molecule has 0 saturated heterocycles. The zero-order chi connectivity index (χ0) is 11.2. The predicted molar refractivity (Wildman–Crippen MR) is 57.6 cm³/mol. The second kappa shape index (κ2) is 6.40. The van der Waals surface area contributed by atoms with Gasteiger partial charge in [0.15, 0.2) is 0 Å². The third kappa shape index (κ3) is 4.42. The van der Waals surface area contributed by atoms with Crippen molar-refractivity contribution < 1.29 is 13.7 Å². The van der Waals surface area contributed by atoms with Crippen molar-refractivity contribution in [1.82, 2.24) is 4.67 Å². The SMILES string of the molecule is CCCC(Cl)=NOP(=O)(OC)N(C)C. The van der Waals surface area contributed by atoms with Crippen LogP contribution in [0.15, 0.2) is 5.16 Å². The Morgan fingerprint density at radius 3 is 2.50 bits per heavy atom. The fourth-order valence-electron chi connectivity index (χ4n) is 0.617. The first-order valence-electron chi connectivity index (χ1n) is 4.21. The van der Waals surface area contributed by atoms with E-state index < -0.39 is 7.75 Å². The molecule has 0 spiro atoms. The first-order chi connectivity index (χ1) is 6.46. The van der Waals surface area contributed by atoms with Gasteiger partial charge in [0.1, 0.15) is 5.17 Å². The van der Waals surface area contributed by atoms with Crippen molar-refractivity contribution in [2.24, 2.45) is 5.16 Å². The molecule has 1 atom stereocenters. The topological polar surface area (TPSA) is 51.1 Å². The molecule has 0 aliphatic heterocycles. The minimum atomic E-state index is -3.29. The fraction of sp³-hybridized carbons (Fsp3) is 0.857. The Balaban J connectivity index is 4.34. The van der Waals surface area contributed by atoms with Crippen LogP contribution in [0.1, 0.15) is 19.8 Å². The van der Waals surface area contributed by atoms with Gasteiger partial charge in [0.25, 0.3) is 0 Å². The number of hydrogen-bond acceptors (Lipinski definition) is 4. The van der Waals surface area contributed by atoms with Crippen LogP contribution in [0, 0.1) is 0 Å². The fourth-order valence-corrected chi connectivity index (χ4v) is 1.63. The highest BCUT2D eigenvalue weighted by molar-refractivity contribution is 7.51. The maximum Gasteiger partial charge on any atom is 0.480 e. The Bertz CT molecular complexity index is 245. The van der Waals surface area contributed by atoms with Crippen molar-refractivity contribution in [3.63, 3.8) is 0 Å².